The first-order valence-electron chi connectivity index (χ1n) is 10.8. The van der Waals surface area contributed by atoms with Gasteiger partial charge in [0.05, 0.1) is 7.11 Å². The number of methoxy groups -OCH3 is 1. The lowest BCUT2D eigenvalue weighted by Gasteiger charge is -2.36. The molecule has 1 unspecified atom stereocenters. The second kappa shape index (κ2) is 9.28. The van der Waals surface area contributed by atoms with Crippen molar-refractivity contribution in [3.8, 4) is 0 Å². The number of carbonyl (C=O) groups excluding carboxylic acids is 3. The van der Waals surface area contributed by atoms with E-state index in [9.17, 15) is 14.4 Å². The second-order valence-electron chi connectivity index (χ2n) is 10.6. The third-order valence-corrected chi connectivity index (χ3v) is 5.47. The van der Waals surface area contributed by atoms with Gasteiger partial charge in [0.15, 0.2) is 0 Å². The number of esters is 1. The van der Waals surface area contributed by atoms with E-state index >= 15 is 0 Å². The molecule has 0 aliphatic heterocycles. The van der Waals surface area contributed by atoms with Crippen molar-refractivity contribution < 1.29 is 19.1 Å². The monoisotopic (exact) mass is 431 g/mol. The molecule has 0 heterocycles. The Bertz CT molecular complexity index is 789. The zero-order chi connectivity index (χ0) is 23.4. The minimum atomic E-state index is -0.800. The molecule has 2 rings (SSSR count). The number of carbonyl (C=O) groups is 3. The summed E-state index contributed by atoms with van der Waals surface area (Å²) in [7, 11) is 1.31. The molecule has 0 radical (unpaired) electrons. The number of amides is 3. The molecule has 1 aromatic carbocycles. The predicted octanol–water partition coefficient (Wildman–Crippen LogP) is 3.23. The molecule has 0 spiro atoms. The number of benzene rings is 1. The summed E-state index contributed by atoms with van der Waals surface area (Å²) in [4.78, 5) is 39.9. The van der Waals surface area contributed by atoms with E-state index in [1.807, 2.05) is 59.7 Å². The quantitative estimate of drug-likeness (QED) is 0.649. The van der Waals surface area contributed by atoms with Crippen LogP contribution in [0, 0.1) is 5.41 Å². The smallest absolute Gasteiger partial charge is 0.325 e. The van der Waals surface area contributed by atoms with Crippen LogP contribution in [0.15, 0.2) is 30.3 Å². The van der Waals surface area contributed by atoms with Crippen LogP contribution in [0.25, 0.3) is 0 Å². The van der Waals surface area contributed by atoms with Gasteiger partial charge in [-0.2, -0.15) is 0 Å². The SMILES string of the molecule is COC(=O)CN(CC1(c2ccccc2)CC1)C(=O)C(NC(=O)NC(C)(C)C)C(C)(C)C. The van der Waals surface area contributed by atoms with E-state index < -0.39 is 29.0 Å². The maximum Gasteiger partial charge on any atom is 0.325 e. The number of nitrogens with one attached hydrogen (secondary N) is 2. The van der Waals surface area contributed by atoms with E-state index in [1.54, 1.807) is 4.90 Å². The van der Waals surface area contributed by atoms with Crippen LogP contribution in [-0.2, 0) is 19.7 Å². The van der Waals surface area contributed by atoms with Gasteiger partial charge in [-0.3, -0.25) is 9.59 Å². The molecule has 1 fully saturated rings. The average Bonchev–Trinajstić information content (AvgIpc) is 3.44. The van der Waals surface area contributed by atoms with Crippen molar-refractivity contribution in [1.29, 1.82) is 0 Å². The van der Waals surface area contributed by atoms with E-state index in [-0.39, 0.29) is 17.9 Å². The molecule has 7 heteroatoms. The van der Waals surface area contributed by atoms with Gasteiger partial charge in [-0.1, -0.05) is 51.1 Å². The van der Waals surface area contributed by atoms with E-state index in [0.717, 1.165) is 18.4 Å². The highest BCUT2D eigenvalue weighted by atomic mass is 16.5. The molecule has 31 heavy (non-hydrogen) atoms. The third-order valence-electron chi connectivity index (χ3n) is 5.47. The summed E-state index contributed by atoms with van der Waals surface area (Å²) in [5, 5.41) is 5.68. The fourth-order valence-corrected chi connectivity index (χ4v) is 3.62. The Morgan fingerprint density at radius 2 is 1.65 bits per heavy atom. The standard InChI is InChI=1S/C24H37N3O4/c1-22(2,3)19(25-21(30)26-23(4,5)6)20(29)27(15-18(28)31-7)16-24(13-14-24)17-11-9-8-10-12-17/h8-12,19H,13-16H2,1-7H3,(H2,25,26,30). The van der Waals surface area contributed by atoms with Gasteiger partial charge >= 0.3 is 12.0 Å². The van der Waals surface area contributed by atoms with Gasteiger partial charge < -0.3 is 20.3 Å². The Morgan fingerprint density at radius 3 is 2.10 bits per heavy atom. The summed E-state index contributed by atoms with van der Waals surface area (Å²) in [5.74, 6) is -0.770. The van der Waals surface area contributed by atoms with Crippen molar-refractivity contribution in [2.45, 2.75) is 71.4 Å². The molecule has 172 valence electrons. The molecule has 7 nitrogen and oxygen atoms in total. The number of ether oxygens (including phenoxy) is 1. The Hall–Kier alpha value is -2.57. The van der Waals surface area contributed by atoms with E-state index in [2.05, 4.69) is 22.8 Å². The van der Waals surface area contributed by atoms with Crippen molar-refractivity contribution >= 4 is 17.9 Å². The Balaban J connectivity index is 2.28. The summed E-state index contributed by atoms with van der Waals surface area (Å²) in [6.45, 7) is 11.6. The van der Waals surface area contributed by atoms with Gasteiger partial charge in [0.2, 0.25) is 5.91 Å². The van der Waals surface area contributed by atoms with E-state index in [1.165, 1.54) is 7.11 Å². The van der Waals surface area contributed by atoms with Gasteiger partial charge in [-0.05, 0) is 44.6 Å². The second-order valence-corrected chi connectivity index (χ2v) is 10.6. The summed E-state index contributed by atoms with van der Waals surface area (Å²) < 4.78 is 4.85. The number of urea groups is 1. The number of hydrogen-bond donors (Lipinski definition) is 2. The largest absolute Gasteiger partial charge is 0.468 e. The molecule has 1 aromatic rings. The maximum absolute atomic E-state index is 13.7. The lowest BCUT2D eigenvalue weighted by Crippen LogP contribution is -2.59. The van der Waals surface area contributed by atoms with Crippen LogP contribution in [0.2, 0.25) is 0 Å². The zero-order valence-electron chi connectivity index (χ0n) is 19.9. The molecule has 1 saturated carbocycles. The highest BCUT2D eigenvalue weighted by molar-refractivity contribution is 5.90. The lowest BCUT2D eigenvalue weighted by molar-refractivity contribution is -0.149. The number of hydrogen-bond acceptors (Lipinski definition) is 4. The normalized spacial score (nSPS) is 16.1. The Labute approximate surface area is 185 Å². The van der Waals surface area contributed by atoms with Crippen LogP contribution in [0.4, 0.5) is 4.79 Å². The van der Waals surface area contributed by atoms with Crippen molar-refractivity contribution in [2.75, 3.05) is 20.2 Å². The molecular weight excluding hydrogens is 394 g/mol. The average molecular weight is 432 g/mol. The molecule has 1 aliphatic rings. The van der Waals surface area contributed by atoms with Gasteiger partial charge in [0, 0.05) is 17.5 Å². The minimum absolute atomic E-state index is 0.154. The highest BCUT2D eigenvalue weighted by Gasteiger charge is 2.48. The molecular formula is C24H37N3O4. The first-order valence-corrected chi connectivity index (χ1v) is 10.8. The van der Waals surface area contributed by atoms with Crippen molar-refractivity contribution in [2.24, 2.45) is 5.41 Å². The van der Waals surface area contributed by atoms with Crippen LogP contribution < -0.4 is 10.6 Å². The topological polar surface area (TPSA) is 87.7 Å². The molecule has 1 aliphatic carbocycles. The Morgan fingerprint density at radius 1 is 1.06 bits per heavy atom. The van der Waals surface area contributed by atoms with Gasteiger partial charge in [-0.15, -0.1) is 0 Å². The van der Waals surface area contributed by atoms with Crippen LogP contribution in [-0.4, -0.2) is 54.6 Å². The van der Waals surface area contributed by atoms with Crippen LogP contribution >= 0.6 is 0 Å². The molecule has 0 saturated heterocycles. The number of nitrogens with zero attached hydrogens (tertiary/aromatic N) is 1. The van der Waals surface area contributed by atoms with Crippen LogP contribution in [0.1, 0.15) is 59.9 Å². The zero-order valence-corrected chi connectivity index (χ0v) is 19.9. The molecule has 0 bridgehead atoms. The molecule has 1 atom stereocenters. The molecule has 0 aromatic heterocycles. The summed E-state index contributed by atoms with van der Waals surface area (Å²) in [6.07, 6.45) is 1.89. The van der Waals surface area contributed by atoms with Gasteiger partial charge in [0.25, 0.3) is 0 Å². The maximum atomic E-state index is 13.7. The lowest BCUT2D eigenvalue weighted by atomic mass is 9.85. The fraction of sp³-hybridized carbons (Fsp3) is 0.625. The summed E-state index contributed by atoms with van der Waals surface area (Å²) >= 11 is 0. The van der Waals surface area contributed by atoms with Gasteiger partial charge in [0.1, 0.15) is 12.6 Å². The predicted molar refractivity (Wildman–Crippen MR) is 121 cm³/mol. The van der Waals surface area contributed by atoms with Gasteiger partial charge in [-0.25, -0.2) is 4.79 Å². The van der Waals surface area contributed by atoms with Crippen LogP contribution in [0.5, 0.6) is 0 Å². The van der Waals surface area contributed by atoms with Crippen molar-refractivity contribution in [3.63, 3.8) is 0 Å². The Kier molecular flexibility index (Phi) is 7.40. The first kappa shape index (κ1) is 24.7. The third kappa shape index (κ3) is 6.97. The minimum Gasteiger partial charge on any atom is -0.468 e. The van der Waals surface area contributed by atoms with Crippen LogP contribution in [0.3, 0.4) is 0 Å². The highest BCUT2D eigenvalue weighted by Crippen LogP contribution is 2.48. The van der Waals surface area contributed by atoms with E-state index in [4.69, 9.17) is 4.74 Å². The molecule has 2 N–H and O–H groups in total. The fourth-order valence-electron chi connectivity index (χ4n) is 3.62. The first-order chi connectivity index (χ1) is 14.3. The van der Waals surface area contributed by atoms with E-state index in [0.29, 0.717) is 6.54 Å². The van der Waals surface area contributed by atoms with Crippen molar-refractivity contribution in [1.82, 2.24) is 15.5 Å². The summed E-state index contributed by atoms with van der Waals surface area (Å²) in [6, 6.07) is 8.84. The number of rotatable bonds is 7. The van der Waals surface area contributed by atoms with Crippen molar-refractivity contribution in [3.05, 3.63) is 35.9 Å². The molecule has 3 amide bonds. The summed E-state index contributed by atoms with van der Waals surface area (Å²) in [5.41, 5.74) is 0.00101.